The smallest absolute Gasteiger partial charge is 0.224 e. The van der Waals surface area contributed by atoms with Crippen LogP contribution in [-0.4, -0.2) is 30.9 Å². The van der Waals surface area contributed by atoms with Crippen LogP contribution in [0.25, 0.3) is 0 Å². The first kappa shape index (κ1) is 14.5. The predicted octanol–water partition coefficient (Wildman–Crippen LogP) is 2.55. The summed E-state index contributed by atoms with van der Waals surface area (Å²) in [6.07, 6.45) is 1.98. The quantitative estimate of drug-likeness (QED) is 0.924. The number of benzene rings is 1. The average Bonchev–Trinajstić information content (AvgIpc) is 2.42. The highest BCUT2D eigenvalue weighted by Crippen LogP contribution is 2.21. The van der Waals surface area contributed by atoms with Crippen molar-refractivity contribution < 1.29 is 9.18 Å². The van der Waals surface area contributed by atoms with Crippen LogP contribution in [0.1, 0.15) is 18.4 Å². The second-order valence-electron chi connectivity index (χ2n) is 4.94. The van der Waals surface area contributed by atoms with Crippen molar-refractivity contribution in [2.45, 2.75) is 19.4 Å². The summed E-state index contributed by atoms with van der Waals surface area (Å²) in [6.45, 7) is 2.52. The molecule has 1 amide bonds. The Morgan fingerprint density at radius 2 is 2.37 bits per heavy atom. The molecular formula is C14H18BrFN2O. The Kier molecular flexibility index (Phi) is 4.93. The molecule has 1 aromatic rings. The highest BCUT2D eigenvalue weighted by molar-refractivity contribution is 9.10. The number of carbonyl (C=O) groups is 1. The molecule has 1 aromatic carbocycles. The van der Waals surface area contributed by atoms with E-state index in [0.29, 0.717) is 4.47 Å². The number of hydrogen-bond acceptors (Lipinski definition) is 2. The molecule has 1 aliphatic rings. The van der Waals surface area contributed by atoms with E-state index in [0.717, 1.165) is 38.0 Å². The highest BCUT2D eigenvalue weighted by Gasteiger charge is 2.24. The van der Waals surface area contributed by atoms with E-state index in [1.807, 2.05) is 0 Å². The second-order valence-corrected chi connectivity index (χ2v) is 5.79. The molecule has 0 aromatic heterocycles. The van der Waals surface area contributed by atoms with Crippen LogP contribution >= 0.6 is 15.9 Å². The van der Waals surface area contributed by atoms with Crippen LogP contribution in [-0.2, 0) is 11.3 Å². The summed E-state index contributed by atoms with van der Waals surface area (Å²) in [7, 11) is 1.68. The number of hydrogen-bond donors (Lipinski definition) is 1. The van der Waals surface area contributed by atoms with E-state index in [2.05, 4.69) is 26.1 Å². The van der Waals surface area contributed by atoms with Gasteiger partial charge in [0.1, 0.15) is 5.82 Å². The number of nitrogens with zero attached hydrogens (tertiary/aromatic N) is 1. The molecular weight excluding hydrogens is 311 g/mol. The third-order valence-electron chi connectivity index (χ3n) is 3.51. The Hall–Kier alpha value is -0.940. The third kappa shape index (κ3) is 3.76. The summed E-state index contributed by atoms with van der Waals surface area (Å²) >= 11 is 3.20. The van der Waals surface area contributed by atoms with Crippen molar-refractivity contribution in [3.63, 3.8) is 0 Å². The molecule has 0 bridgehead atoms. The molecule has 1 N–H and O–H groups in total. The van der Waals surface area contributed by atoms with Gasteiger partial charge in [-0.05, 0) is 53.0 Å². The summed E-state index contributed by atoms with van der Waals surface area (Å²) in [5, 5.41) is 2.71. The lowest BCUT2D eigenvalue weighted by molar-refractivity contribution is -0.126. The molecule has 3 nitrogen and oxygen atoms in total. The van der Waals surface area contributed by atoms with Crippen LogP contribution in [0, 0.1) is 11.7 Å². The fraction of sp³-hybridized carbons (Fsp3) is 0.500. The van der Waals surface area contributed by atoms with Gasteiger partial charge in [-0.15, -0.1) is 0 Å². The molecule has 1 atom stereocenters. The van der Waals surface area contributed by atoms with E-state index >= 15 is 0 Å². The number of rotatable bonds is 3. The Bertz CT molecular complexity index is 467. The number of halogens is 2. The molecule has 0 aliphatic carbocycles. The van der Waals surface area contributed by atoms with Crippen LogP contribution in [0.5, 0.6) is 0 Å². The van der Waals surface area contributed by atoms with Crippen molar-refractivity contribution in [3.8, 4) is 0 Å². The molecule has 1 fully saturated rings. The molecule has 0 saturated carbocycles. The summed E-state index contributed by atoms with van der Waals surface area (Å²) in [5.74, 6) is -0.0572. The number of amides is 1. The fourth-order valence-electron chi connectivity index (χ4n) is 2.51. The number of likely N-dealkylation sites (tertiary alicyclic amines) is 1. The zero-order valence-corrected chi connectivity index (χ0v) is 12.5. The molecule has 1 saturated heterocycles. The molecule has 19 heavy (non-hydrogen) atoms. The van der Waals surface area contributed by atoms with Crippen LogP contribution in [0.15, 0.2) is 22.7 Å². The monoisotopic (exact) mass is 328 g/mol. The van der Waals surface area contributed by atoms with Crippen molar-refractivity contribution in [2.75, 3.05) is 20.1 Å². The van der Waals surface area contributed by atoms with Gasteiger partial charge in [-0.1, -0.05) is 6.07 Å². The number of carbonyl (C=O) groups excluding carboxylic acids is 1. The first-order chi connectivity index (χ1) is 9.10. The summed E-state index contributed by atoms with van der Waals surface area (Å²) in [4.78, 5) is 13.9. The molecule has 2 rings (SSSR count). The normalized spacial score (nSPS) is 20.3. The van der Waals surface area contributed by atoms with E-state index in [-0.39, 0.29) is 17.6 Å². The lowest BCUT2D eigenvalue weighted by Crippen LogP contribution is -2.41. The average molecular weight is 329 g/mol. The lowest BCUT2D eigenvalue weighted by atomic mass is 9.97. The Balaban J connectivity index is 1.98. The van der Waals surface area contributed by atoms with Crippen LogP contribution in [0.4, 0.5) is 4.39 Å². The van der Waals surface area contributed by atoms with Gasteiger partial charge in [0.15, 0.2) is 0 Å². The minimum Gasteiger partial charge on any atom is -0.359 e. The van der Waals surface area contributed by atoms with Crippen molar-refractivity contribution in [1.29, 1.82) is 0 Å². The zero-order valence-electron chi connectivity index (χ0n) is 11.0. The molecule has 0 spiro atoms. The minimum absolute atomic E-state index is 0.0719. The van der Waals surface area contributed by atoms with E-state index < -0.39 is 0 Å². The number of nitrogens with one attached hydrogen (secondary N) is 1. The summed E-state index contributed by atoms with van der Waals surface area (Å²) < 4.78 is 13.7. The highest BCUT2D eigenvalue weighted by atomic mass is 79.9. The standard InChI is InChI=1S/C14H18BrFN2O/c1-17-14(19)11-3-2-6-18(9-11)8-10-4-5-13(16)12(15)7-10/h4-5,7,11H,2-3,6,8-9H2,1H3,(H,17,19). The maximum Gasteiger partial charge on any atom is 0.224 e. The van der Waals surface area contributed by atoms with E-state index in [1.165, 1.54) is 6.07 Å². The van der Waals surface area contributed by atoms with Crippen molar-refractivity contribution >= 4 is 21.8 Å². The third-order valence-corrected chi connectivity index (χ3v) is 4.12. The van der Waals surface area contributed by atoms with Crippen LogP contribution < -0.4 is 5.32 Å². The van der Waals surface area contributed by atoms with Gasteiger partial charge >= 0.3 is 0 Å². The van der Waals surface area contributed by atoms with Gasteiger partial charge < -0.3 is 5.32 Å². The van der Waals surface area contributed by atoms with Crippen LogP contribution in [0.2, 0.25) is 0 Å². The van der Waals surface area contributed by atoms with Crippen LogP contribution in [0.3, 0.4) is 0 Å². The Morgan fingerprint density at radius 3 is 3.05 bits per heavy atom. The zero-order chi connectivity index (χ0) is 13.8. The van der Waals surface area contributed by atoms with E-state index in [9.17, 15) is 9.18 Å². The van der Waals surface area contributed by atoms with Gasteiger partial charge in [-0.25, -0.2) is 4.39 Å². The first-order valence-corrected chi connectivity index (χ1v) is 7.27. The van der Waals surface area contributed by atoms with Gasteiger partial charge in [0.25, 0.3) is 0 Å². The minimum atomic E-state index is -0.245. The predicted molar refractivity (Wildman–Crippen MR) is 76.2 cm³/mol. The Morgan fingerprint density at radius 1 is 1.58 bits per heavy atom. The fourth-order valence-corrected chi connectivity index (χ4v) is 2.94. The van der Waals surface area contributed by atoms with Crippen molar-refractivity contribution in [2.24, 2.45) is 5.92 Å². The maximum absolute atomic E-state index is 13.2. The van der Waals surface area contributed by atoms with Crippen molar-refractivity contribution in [3.05, 3.63) is 34.1 Å². The summed E-state index contributed by atoms with van der Waals surface area (Å²) in [6, 6.07) is 5.07. The van der Waals surface area contributed by atoms with Gasteiger partial charge in [0.2, 0.25) is 5.91 Å². The van der Waals surface area contributed by atoms with E-state index in [4.69, 9.17) is 0 Å². The SMILES string of the molecule is CNC(=O)C1CCCN(Cc2ccc(F)c(Br)c2)C1. The lowest BCUT2D eigenvalue weighted by Gasteiger charge is -2.31. The van der Waals surface area contributed by atoms with Gasteiger partial charge in [0.05, 0.1) is 10.4 Å². The number of piperidine rings is 1. The van der Waals surface area contributed by atoms with Gasteiger partial charge in [0, 0.05) is 20.1 Å². The largest absolute Gasteiger partial charge is 0.359 e. The molecule has 5 heteroatoms. The van der Waals surface area contributed by atoms with Gasteiger partial charge in [-0.2, -0.15) is 0 Å². The van der Waals surface area contributed by atoms with Gasteiger partial charge in [-0.3, -0.25) is 9.69 Å². The van der Waals surface area contributed by atoms with E-state index in [1.54, 1.807) is 19.2 Å². The Labute approximate surface area is 121 Å². The van der Waals surface area contributed by atoms with Crippen molar-refractivity contribution in [1.82, 2.24) is 10.2 Å². The molecule has 104 valence electrons. The topological polar surface area (TPSA) is 32.3 Å². The first-order valence-electron chi connectivity index (χ1n) is 6.48. The molecule has 1 unspecified atom stereocenters. The maximum atomic E-state index is 13.2. The molecule has 0 radical (unpaired) electrons. The molecule has 1 heterocycles. The molecule has 1 aliphatic heterocycles. The second kappa shape index (κ2) is 6.48. The summed E-state index contributed by atoms with van der Waals surface area (Å²) in [5.41, 5.74) is 1.06.